The van der Waals surface area contributed by atoms with Gasteiger partial charge in [0.2, 0.25) is 0 Å². The van der Waals surface area contributed by atoms with Gasteiger partial charge in [0.05, 0.1) is 24.9 Å². The Labute approximate surface area is 183 Å². The molecule has 0 unspecified atom stereocenters. The number of rotatable bonds is 3. The highest BCUT2D eigenvalue weighted by atomic mass is 16.5. The minimum Gasteiger partial charge on any atom is -0.377 e. The Morgan fingerprint density at radius 3 is 2.81 bits per heavy atom. The van der Waals surface area contributed by atoms with Crippen LogP contribution in [0.2, 0.25) is 0 Å². The second kappa shape index (κ2) is 7.34. The fourth-order valence-electron chi connectivity index (χ4n) is 4.20. The number of imidazole rings is 1. The van der Waals surface area contributed by atoms with Crippen LogP contribution in [0.4, 0.5) is 5.82 Å². The number of nitrogens with one attached hydrogen (secondary N) is 1. The van der Waals surface area contributed by atoms with Gasteiger partial charge in [0.25, 0.3) is 0 Å². The Kier molecular flexibility index (Phi) is 4.32. The topological polar surface area (TPSA) is 111 Å². The van der Waals surface area contributed by atoms with Crippen LogP contribution in [-0.2, 0) is 4.74 Å². The monoisotopic (exact) mass is 427 g/mol. The van der Waals surface area contributed by atoms with E-state index in [1.54, 1.807) is 24.9 Å². The molecule has 0 radical (unpaired) electrons. The van der Waals surface area contributed by atoms with Crippen molar-refractivity contribution in [1.82, 2.24) is 39.5 Å². The van der Waals surface area contributed by atoms with Gasteiger partial charge in [0.1, 0.15) is 12.0 Å². The average Bonchev–Trinajstić information content (AvgIpc) is 3.46. The Bertz CT molecular complexity index is 1440. The van der Waals surface area contributed by atoms with Gasteiger partial charge < -0.3 is 14.6 Å². The van der Waals surface area contributed by atoms with Crippen molar-refractivity contribution in [3.05, 3.63) is 48.9 Å². The largest absolute Gasteiger partial charge is 0.377 e. The third-order valence-corrected chi connectivity index (χ3v) is 5.80. The summed E-state index contributed by atoms with van der Waals surface area (Å²) < 4.78 is 7.54. The van der Waals surface area contributed by atoms with Crippen molar-refractivity contribution in [3.63, 3.8) is 0 Å². The minimum atomic E-state index is 0.169. The predicted octanol–water partition coefficient (Wildman–Crippen LogP) is 2.68. The first-order valence-electron chi connectivity index (χ1n) is 10.5. The van der Waals surface area contributed by atoms with Gasteiger partial charge >= 0.3 is 0 Å². The number of hydrogen-bond donors (Lipinski definition) is 1. The molecule has 1 N–H and O–H groups in total. The number of aromatic nitrogens is 8. The van der Waals surface area contributed by atoms with Crippen LogP contribution < -0.4 is 4.90 Å². The number of H-pyrrole nitrogens is 1. The highest BCUT2D eigenvalue weighted by molar-refractivity contribution is 5.94. The van der Waals surface area contributed by atoms with Gasteiger partial charge in [-0.2, -0.15) is 0 Å². The lowest BCUT2D eigenvalue weighted by atomic mass is 10.1. The van der Waals surface area contributed by atoms with Gasteiger partial charge in [-0.25, -0.2) is 24.9 Å². The van der Waals surface area contributed by atoms with Crippen LogP contribution in [0.5, 0.6) is 0 Å². The maximum absolute atomic E-state index is 5.66. The van der Waals surface area contributed by atoms with E-state index in [0.29, 0.717) is 30.5 Å². The number of ether oxygens (including phenoxy) is 1. The van der Waals surface area contributed by atoms with Gasteiger partial charge in [-0.1, -0.05) is 0 Å². The lowest BCUT2D eigenvalue weighted by Crippen LogP contribution is -2.44. The van der Waals surface area contributed by atoms with Crippen LogP contribution >= 0.6 is 0 Å². The predicted molar refractivity (Wildman–Crippen MR) is 120 cm³/mol. The van der Waals surface area contributed by atoms with Gasteiger partial charge in [-0.05, 0) is 26.0 Å². The lowest BCUT2D eigenvalue weighted by molar-refractivity contribution is 0.0987. The summed E-state index contributed by atoms with van der Waals surface area (Å²) in [7, 11) is 0. The molecular weight excluding hydrogens is 406 g/mol. The van der Waals surface area contributed by atoms with Gasteiger partial charge in [0, 0.05) is 42.3 Å². The molecule has 6 heterocycles. The van der Waals surface area contributed by atoms with Crippen molar-refractivity contribution < 1.29 is 4.74 Å². The summed E-state index contributed by atoms with van der Waals surface area (Å²) in [4.78, 5) is 33.4. The van der Waals surface area contributed by atoms with E-state index in [1.165, 1.54) is 0 Å². The molecule has 160 valence electrons. The standard InChI is InChI=1S/C22H21N9O/c1-13-11-32-10-9-30(13)21-17-22(31(12-27-17)20-14(2)23-7-8-26-20)29-19(28-21)16-4-6-25-18-15(16)3-5-24-18/h3-8,12-13H,9-11H2,1-2H3,(H,24,25)/t13-/m1/s1. The molecule has 0 spiro atoms. The van der Waals surface area contributed by atoms with E-state index in [0.717, 1.165) is 40.2 Å². The summed E-state index contributed by atoms with van der Waals surface area (Å²) in [6.07, 6.45) is 8.74. The van der Waals surface area contributed by atoms with Crippen LogP contribution in [0.15, 0.2) is 43.2 Å². The molecule has 10 heteroatoms. The van der Waals surface area contributed by atoms with E-state index in [1.807, 2.05) is 29.8 Å². The molecule has 0 bridgehead atoms. The number of aryl methyl sites for hydroxylation is 1. The summed E-state index contributed by atoms with van der Waals surface area (Å²) in [6, 6.07) is 4.10. The Morgan fingerprint density at radius 2 is 1.94 bits per heavy atom. The van der Waals surface area contributed by atoms with Crippen LogP contribution in [0, 0.1) is 6.92 Å². The van der Waals surface area contributed by atoms with Gasteiger partial charge in [0.15, 0.2) is 28.6 Å². The van der Waals surface area contributed by atoms with Gasteiger partial charge in [-0.15, -0.1) is 0 Å². The van der Waals surface area contributed by atoms with Crippen LogP contribution in [-0.4, -0.2) is 65.3 Å². The van der Waals surface area contributed by atoms with Crippen molar-refractivity contribution in [2.45, 2.75) is 19.9 Å². The highest BCUT2D eigenvalue weighted by Crippen LogP contribution is 2.32. The van der Waals surface area contributed by atoms with Crippen molar-refractivity contribution in [2.24, 2.45) is 0 Å². The van der Waals surface area contributed by atoms with E-state index in [2.05, 4.69) is 31.8 Å². The van der Waals surface area contributed by atoms with E-state index >= 15 is 0 Å². The average molecular weight is 427 g/mol. The van der Waals surface area contributed by atoms with E-state index in [4.69, 9.17) is 19.7 Å². The number of anilines is 1. The fraction of sp³-hybridized carbons (Fsp3) is 0.273. The first-order chi connectivity index (χ1) is 15.7. The number of pyridine rings is 1. The number of fused-ring (bicyclic) bond motifs is 2. The summed E-state index contributed by atoms with van der Waals surface area (Å²) in [5.74, 6) is 2.10. The Hall–Kier alpha value is -3.92. The number of hydrogen-bond acceptors (Lipinski definition) is 8. The molecule has 10 nitrogen and oxygen atoms in total. The van der Waals surface area contributed by atoms with Crippen LogP contribution in [0.1, 0.15) is 12.6 Å². The van der Waals surface area contributed by atoms with Crippen LogP contribution in [0.3, 0.4) is 0 Å². The molecule has 5 aromatic heterocycles. The Morgan fingerprint density at radius 1 is 1.03 bits per heavy atom. The molecule has 1 fully saturated rings. The molecule has 0 amide bonds. The zero-order valence-electron chi connectivity index (χ0n) is 17.7. The zero-order valence-corrected chi connectivity index (χ0v) is 17.7. The molecule has 6 rings (SSSR count). The quantitative estimate of drug-likeness (QED) is 0.468. The molecular formula is C22H21N9O. The maximum Gasteiger partial charge on any atom is 0.172 e. The second-order valence-corrected chi connectivity index (χ2v) is 7.84. The molecule has 1 aliphatic heterocycles. The van der Waals surface area contributed by atoms with Crippen molar-refractivity contribution >= 4 is 28.0 Å². The SMILES string of the molecule is Cc1nccnc1-n1cnc2c(N3CCOC[C@H]3C)nc(-c3ccnc4[nH]ccc34)nc21. The molecule has 32 heavy (non-hydrogen) atoms. The van der Waals surface area contributed by atoms with Crippen molar-refractivity contribution in [1.29, 1.82) is 0 Å². The smallest absolute Gasteiger partial charge is 0.172 e. The normalized spacial score (nSPS) is 16.8. The fourth-order valence-corrected chi connectivity index (χ4v) is 4.20. The molecule has 1 aliphatic rings. The van der Waals surface area contributed by atoms with Crippen molar-refractivity contribution in [3.8, 4) is 17.2 Å². The number of morpholine rings is 1. The first kappa shape index (κ1) is 18.8. The highest BCUT2D eigenvalue weighted by Gasteiger charge is 2.26. The number of nitrogens with zero attached hydrogens (tertiary/aromatic N) is 8. The summed E-state index contributed by atoms with van der Waals surface area (Å²) in [5.41, 5.74) is 3.92. The second-order valence-electron chi connectivity index (χ2n) is 7.84. The molecule has 1 saturated heterocycles. The zero-order chi connectivity index (χ0) is 21.7. The molecule has 0 aromatic carbocycles. The first-order valence-corrected chi connectivity index (χ1v) is 10.5. The summed E-state index contributed by atoms with van der Waals surface area (Å²) in [6.45, 7) is 6.08. The summed E-state index contributed by atoms with van der Waals surface area (Å²) >= 11 is 0. The van der Waals surface area contributed by atoms with Crippen LogP contribution in [0.25, 0.3) is 39.4 Å². The Balaban J connectivity index is 1.64. The lowest BCUT2D eigenvalue weighted by Gasteiger charge is -2.34. The van der Waals surface area contributed by atoms with E-state index < -0.39 is 0 Å². The molecule has 0 aliphatic carbocycles. The summed E-state index contributed by atoms with van der Waals surface area (Å²) in [5, 5.41) is 0.967. The number of aromatic amines is 1. The maximum atomic E-state index is 5.66. The minimum absolute atomic E-state index is 0.169. The molecule has 1 atom stereocenters. The van der Waals surface area contributed by atoms with Gasteiger partial charge in [-0.3, -0.25) is 9.55 Å². The van der Waals surface area contributed by atoms with E-state index in [-0.39, 0.29) is 6.04 Å². The molecule has 0 saturated carbocycles. The third kappa shape index (κ3) is 2.91. The van der Waals surface area contributed by atoms with Crippen molar-refractivity contribution in [2.75, 3.05) is 24.7 Å². The van der Waals surface area contributed by atoms with E-state index in [9.17, 15) is 0 Å². The molecule has 5 aromatic rings. The third-order valence-electron chi connectivity index (χ3n) is 5.80.